The Hall–Kier alpha value is -5.54. The van der Waals surface area contributed by atoms with Gasteiger partial charge in [0.05, 0.1) is 25.4 Å². The molecule has 16 heteroatoms. The van der Waals surface area contributed by atoms with Gasteiger partial charge in [0.15, 0.2) is 0 Å². The molecule has 0 aliphatic heterocycles. The van der Waals surface area contributed by atoms with Crippen LogP contribution in [0.2, 0.25) is 0 Å². The summed E-state index contributed by atoms with van der Waals surface area (Å²) in [6.07, 6.45) is -0.538. The second-order valence-electron chi connectivity index (χ2n) is 11.9. The van der Waals surface area contributed by atoms with Gasteiger partial charge >= 0.3 is 41.9 Å². The van der Waals surface area contributed by atoms with E-state index in [2.05, 4.69) is 13.2 Å². The summed E-state index contributed by atoms with van der Waals surface area (Å²) >= 11 is 0. The summed E-state index contributed by atoms with van der Waals surface area (Å²) in [7, 11) is 0. The third kappa shape index (κ3) is 16.0. The van der Waals surface area contributed by atoms with Gasteiger partial charge in [-0.05, 0) is 87.1 Å². The van der Waals surface area contributed by atoms with E-state index < -0.39 is 60.2 Å². The highest BCUT2D eigenvalue weighted by Gasteiger charge is 2.56. The lowest BCUT2D eigenvalue weighted by Gasteiger charge is -2.26. The zero-order valence-corrected chi connectivity index (χ0v) is 29.5. The predicted molar refractivity (Wildman–Crippen MR) is 183 cm³/mol. The molecule has 11 nitrogen and oxygen atoms in total. The zero-order valence-electron chi connectivity index (χ0n) is 29.5. The van der Waals surface area contributed by atoms with Gasteiger partial charge in [-0.1, -0.05) is 25.3 Å². The Morgan fingerprint density at radius 1 is 0.648 bits per heavy atom. The first-order valence-electron chi connectivity index (χ1n) is 16.6. The Labute approximate surface area is 308 Å². The topological polar surface area (TPSA) is 141 Å². The van der Waals surface area contributed by atoms with Gasteiger partial charge in [0.2, 0.25) is 0 Å². The van der Waals surface area contributed by atoms with Gasteiger partial charge in [-0.25, -0.2) is 19.2 Å². The lowest BCUT2D eigenvalue weighted by Crippen LogP contribution is -2.40. The number of ether oxygens (including phenoxy) is 6. The summed E-state index contributed by atoms with van der Waals surface area (Å²) in [5, 5.41) is 0. The molecule has 0 unspecified atom stereocenters. The maximum atomic E-state index is 13.0. The van der Waals surface area contributed by atoms with E-state index in [-0.39, 0.29) is 50.1 Å². The molecular formula is C38H41F5O11. The lowest BCUT2D eigenvalue weighted by atomic mass is 9.93. The standard InChI is InChI=1S/C38H41F5O11/c1-4-31(44)52-25-36(3,26-53-32(45)5-2)35(48)51-23-9-7-6-8-22-50-33(46)20-13-27-11-16-30(17-12-27)54-34(47)28-14-18-29(19-15-28)49-24-10-21-37(39,40)38(41,42)43/h4-5,11-20H,1-2,6-10,21-26H2,3H3/b20-13+. The van der Waals surface area contributed by atoms with E-state index in [1.807, 2.05) is 0 Å². The highest BCUT2D eigenvalue weighted by Crippen LogP contribution is 2.38. The molecule has 2 aromatic carbocycles. The van der Waals surface area contributed by atoms with Gasteiger partial charge in [-0.3, -0.25) is 4.79 Å². The molecule has 0 aliphatic carbocycles. The Kier molecular flexibility index (Phi) is 18.1. The van der Waals surface area contributed by atoms with Crippen LogP contribution in [-0.4, -0.2) is 75.0 Å². The number of benzene rings is 2. The molecule has 2 rings (SSSR count). The van der Waals surface area contributed by atoms with Crippen LogP contribution in [0, 0.1) is 5.41 Å². The van der Waals surface area contributed by atoms with E-state index in [0.717, 1.165) is 12.2 Å². The number of alkyl halides is 5. The summed E-state index contributed by atoms with van der Waals surface area (Å²) in [6, 6.07) is 11.6. The normalized spacial score (nSPS) is 11.7. The van der Waals surface area contributed by atoms with Gasteiger partial charge in [-0.15, -0.1) is 0 Å². The van der Waals surface area contributed by atoms with Crippen molar-refractivity contribution in [1.82, 2.24) is 0 Å². The number of rotatable bonds is 23. The Balaban J connectivity index is 1.66. The monoisotopic (exact) mass is 768 g/mol. The fourth-order valence-electron chi connectivity index (χ4n) is 4.15. The molecule has 0 heterocycles. The van der Waals surface area contributed by atoms with Crippen molar-refractivity contribution in [3.05, 3.63) is 91.0 Å². The summed E-state index contributed by atoms with van der Waals surface area (Å²) < 4.78 is 93.6. The van der Waals surface area contributed by atoms with Gasteiger partial charge in [0.25, 0.3) is 0 Å². The van der Waals surface area contributed by atoms with Crippen LogP contribution in [0.15, 0.2) is 79.9 Å². The third-order valence-electron chi connectivity index (χ3n) is 7.32. The van der Waals surface area contributed by atoms with Crippen molar-refractivity contribution >= 4 is 35.9 Å². The molecule has 0 atom stereocenters. The fourth-order valence-corrected chi connectivity index (χ4v) is 4.15. The van der Waals surface area contributed by atoms with Gasteiger partial charge in [0.1, 0.15) is 30.1 Å². The average Bonchev–Trinajstić information content (AvgIpc) is 3.14. The molecule has 0 aliphatic rings. The lowest BCUT2D eigenvalue weighted by molar-refractivity contribution is -0.284. The molecule has 0 saturated heterocycles. The van der Waals surface area contributed by atoms with Gasteiger partial charge < -0.3 is 28.4 Å². The van der Waals surface area contributed by atoms with E-state index in [9.17, 15) is 45.9 Å². The minimum Gasteiger partial charge on any atom is -0.494 e. The van der Waals surface area contributed by atoms with Crippen molar-refractivity contribution in [2.75, 3.05) is 33.0 Å². The first kappa shape index (κ1) is 44.6. The minimum atomic E-state index is -5.62. The summed E-state index contributed by atoms with van der Waals surface area (Å²) in [5.41, 5.74) is -0.686. The molecule has 0 N–H and O–H groups in total. The molecule has 0 fully saturated rings. The van der Waals surface area contributed by atoms with Crippen molar-refractivity contribution in [3.8, 4) is 11.5 Å². The largest absolute Gasteiger partial charge is 0.494 e. The number of esters is 5. The number of carbonyl (C=O) groups excluding carboxylic acids is 5. The SMILES string of the molecule is C=CC(=O)OCC(C)(COC(=O)C=C)C(=O)OCCCCCCOC(=O)/C=C/c1ccc(OC(=O)c2ccc(OCCCC(F)(F)C(F)(F)F)cc2)cc1. The van der Waals surface area contributed by atoms with E-state index in [1.54, 1.807) is 12.1 Å². The van der Waals surface area contributed by atoms with Crippen LogP contribution in [0.4, 0.5) is 22.0 Å². The maximum absolute atomic E-state index is 13.0. The van der Waals surface area contributed by atoms with Crippen LogP contribution in [0.25, 0.3) is 6.08 Å². The van der Waals surface area contributed by atoms with E-state index in [1.165, 1.54) is 55.5 Å². The fraction of sp³-hybridized carbons (Fsp3) is 0.395. The smallest absolute Gasteiger partial charge is 0.453 e. The molecule has 54 heavy (non-hydrogen) atoms. The minimum absolute atomic E-state index is 0.0682. The number of hydrogen-bond donors (Lipinski definition) is 0. The molecule has 0 spiro atoms. The Morgan fingerprint density at radius 2 is 1.19 bits per heavy atom. The molecular weight excluding hydrogens is 727 g/mol. The molecule has 2 aromatic rings. The highest BCUT2D eigenvalue weighted by atomic mass is 19.4. The second-order valence-corrected chi connectivity index (χ2v) is 11.9. The van der Waals surface area contributed by atoms with E-state index in [4.69, 9.17) is 28.4 Å². The van der Waals surface area contributed by atoms with Crippen molar-refractivity contribution in [2.45, 2.75) is 57.5 Å². The second kappa shape index (κ2) is 21.9. The molecule has 0 saturated carbocycles. The molecule has 294 valence electrons. The van der Waals surface area contributed by atoms with Gasteiger partial charge in [-0.2, -0.15) is 22.0 Å². The molecule has 0 aromatic heterocycles. The Morgan fingerprint density at radius 3 is 1.72 bits per heavy atom. The van der Waals surface area contributed by atoms with Gasteiger partial charge in [0, 0.05) is 24.6 Å². The summed E-state index contributed by atoms with van der Waals surface area (Å²) in [4.78, 5) is 60.1. The molecule has 0 amide bonds. The third-order valence-corrected chi connectivity index (χ3v) is 7.32. The summed E-state index contributed by atoms with van der Waals surface area (Å²) in [5.74, 6) is -7.92. The number of carbonyl (C=O) groups is 5. The van der Waals surface area contributed by atoms with Crippen molar-refractivity contribution in [3.63, 3.8) is 0 Å². The first-order valence-corrected chi connectivity index (χ1v) is 16.6. The van der Waals surface area contributed by atoms with Crippen LogP contribution in [0.3, 0.4) is 0 Å². The quantitative estimate of drug-likeness (QED) is 0.0279. The molecule has 0 radical (unpaired) electrons. The van der Waals surface area contributed by atoms with Crippen molar-refractivity contribution < 1.29 is 74.3 Å². The van der Waals surface area contributed by atoms with Crippen LogP contribution in [0.5, 0.6) is 11.5 Å². The number of hydrogen-bond acceptors (Lipinski definition) is 11. The predicted octanol–water partition coefficient (Wildman–Crippen LogP) is 7.39. The van der Waals surface area contributed by atoms with Crippen LogP contribution < -0.4 is 9.47 Å². The maximum Gasteiger partial charge on any atom is 0.453 e. The zero-order chi connectivity index (χ0) is 40.2. The summed E-state index contributed by atoms with van der Waals surface area (Å²) in [6.45, 7) is 7.08. The average molecular weight is 769 g/mol. The first-order chi connectivity index (χ1) is 25.5. The number of unbranched alkanes of at least 4 members (excludes halogenated alkanes) is 3. The van der Waals surface area contributed by atoms with Crippen LogP contribution in [0.1, 0.15) is 61.4 Å². The van der Waals surface area contributed by atoms with Crippen molar-refractivity contribution in [2.24, 2.45) is 5.41 Å². The van der Waals surface area contributed by atoms with E-state index in [0.29, 0.717) is 31.2 Å². The highest BCUT2D eigenvalue weighted by molar-refractivity contribution is 5.91. The van der Waals surface area contributed by atoms with E-state index >= 15 is 0 Å². The molecule has 0 bridgehead atoms. The van der Waals surface area contributed by atoms with Crippen LogP contribution in [-0.2, 0) is 38.1 Å². The van der Waals surface area contributed by atoms with Crippen LogP contribution >= 0.6 is 0 Å². The van der Waals surface area contributed by atoms with Crippen molar-refractivity contribution in [1.29, 1.82) is 0 Å². The Bertz CT molecular complexity index is 1580. The number of halogens is 5.